The average Bonchev–Trinajstić information content (AvgIpc) is 2.20. The molecule has 2 amide bonds. The van der Waals surface area contributed by atoms with Gasteiger partial charge in [-0.15, -0.1) is 0 Å². The van der Waals surface area contributed by atoms with E-state index in [1.807, 2.05) is 27.7 Å². The van der Waals surface area contributed by atoms with E-state index in [-0.39, 0.29) is 18.2 Å². The molecule has 4 nitrogen and oxygen atoms in total. The number of urea groups is 1. The molecule has 2 N–H and O–H groups in total. The summed E-state index contributed by atoms with van der Waals surface area (Å²) in [7, 11) is 0. The second-order valence-corrected chi connectivity index (χ2v) is 3.85. The lowest BCUT2D eigenvalue weighted by molar-refractivity contribution is 0.0836. The molecule has 1 aliphatic rings. The van der Waals surface area contributed by atoms with Crippen molar-refractivity contribution in [1.29, 1.82) is 0 Å². The van der Waals surface area contributed by atoms with E-state index in [2.05, 4.69) is 5.32 Å². The van der Waals surface area contributed by atoms with Gasteiger partial charge < -0.3 is 15.3 Å². The molecule has 0 aromatic carbocycles. The number of carbonyl (C=O) groups excluding carboxylic acids is 1. The van der Waals surface area contributed by atoms with Crippen LogP contribution in [0.15, 0.2) is 0 Å². The van der Waals surface area contributed by atoms with Gasteiger partial charge in [0.15, 0.2) is 0 Å². The Morgan fingerprint density at radius 3 is 2.53 bits per heavy atom. The van der Waals surface area contributed by atoms with Crippen molar-refractivity contribution in [1.82, 2.24) is 10.2 Å². The van der Waals surface area contributed by atoms with Crippen LogP contribution in [0.5, 0.6) is 0 Å². The summed E-state index contributed by atoms with van der Waals surface area (Å²) in [4.78, 5) is 13.1. The molecule has 1 unspecified atom stereocenters. The number of amides is 2. The molecular formula is C11H24N2O2. The van der Waals surface area contributed by atoms with Crippen LogP contribution in [0, 0.1) is 0 Å². The summed E-state index contributed by atoms with van der Waals surface area (Å²) >= 11 is 0. The summed E-state index contributed by atoms with van der Waals surface area (Å²) < 4.78 is 0. The number of β-amino-alcohol motifs (C(OH)–C–C–N with tert-alkyl or cyclic N) is 1. The first kappa shape index (κ1) is 14.2. The normalized spacial score (nSPS) is 20.7. The largest absolute Gasteiger partial charge is 0.391 e. The van der Waals surface area contributed by atoms with Gasteiger partial charge >= 0.3 is 6.03 Å². The summed E-state index contributed by atoms with van der Waals surface area (Å²) in [6.45, 7) is 9.09. The molecule has 0 aromatic heterocycles. The van der Waals surface area contributed by atoms with Crippen molar-refractivity contribution in [3.05, 3.63) is 0 Å². The number of aliphatic hydroxyl groups is 1. The number of nitrogens with one attached hydrogen (secondary N) is 1. The summed E-state index contributed by atoms with van der Waals surface area (Å²) in [6.07, 6.45) is 1.37. The number of carbonyl (C=O) groups is 1. The third kappa shape index (κ3) is 5.62. The summed E-state index contributed by atoms with van der Waals surface area (Å²) in [6, 6.07) is 0.0975. The first-order chi connectivity index (χ1) is 7.09. The van der Waals surface area contributed by atoms with Crippen LogP contribution in [0.4, 0.5) is 4.79 Å². The van der Waals surface area contributed by atoms with Gasteiger partial charge in [0.2, 0.25) is 0 Å². The predicted octanol–water partition coefficient (Wildman–Crippen LogP) is 1.59. The Kier molecular flexibility index (Phi) is 7.13. The molecule has 1 fully saturated rings. The highest BCUT2D eigenvalue weighted by Crippen LogP contribution is 2.09. The van der Waals surface area contributed by atoms with Crippen molar-refractivity contribution in [2.45, 2.75) is 52.7 Å². The molecular weight excluding hydrogens is 192 g/mol. The fraction of sp³-hybridized carbons (Fsp3) is 0.909. The van der Waals surface area contributed by atoms with Crippen LogP contribution in [-0.4, -0.2) is 41.3 Å². The minimum Gasteiger partial charge on any atom is -0.391 e. The van der Waals surface area contributed by atoms with Crippen LogP contribution < -0.4 is 5.32 Å². The molecule has 15 heavy (non-hydrogen) atoms. The highest BCUT2D eigenvalue weighted by atomic mass is 16.3. The molecule has 1 atom stereocenters. The van der Waals surface area contributed by atoms with Gasteiger partial charge in [0, 0.05) is 19.1 Å². The zero-order valence-electron chi connectivity index (χ0n) is 10.3. The van der Waals surface area contributed by atoms with Crippen LogP contribution in [-0.2, 0) is 0 Å². The van der Waals surface area contributed by atoms with Gasteiger partial charge in [-0.3, -0.25) is 0 Å². The quantitative estimate of drug-likeness (QED) is 0.699. The molecule has 0 spiro atoms. The van der Waals surface area contributed by atoms with Crippen molar-refractivity contribution >= 4 is 6.03 Å². The van der Waals surface area contributed by atoms with E-state index in [0.29, 0.717) is 6.54 Å². The van der Waals surface area contributed by atoms with E-state index in [9.17, 15) is 9.90 Å². The van der Waals surface area contributed by atoms with Gasteiger partial charge in [0.1, 0.15) is 0 Å². The molecule has 1 saturated heterocycles. The fourth-order valence-corrected chi connectivity index (χ4v) is 1.48. The van der Waals surface area contributed by atoms with Gasteiger partial charge in [0.25, 0.3) is 0 Å². The Hall–Kier alpha value is -0.770. The van der Waals surface area contributed by atoms with Gasteiger partial charge in [-0.2, -0.15) is 0 Å². The monoisotopic (exact) mass is 216 g/mol. The lowest BCUT2D eigenvalue weighted by atomic mass is 10.1. The highest BCUT2D eigenvalue weighted by Gasteiger charge is 2.21. The maximum atomic E-state index is 11.5. The average molecular weight is 216 g/mol. The van der Waals surface area contributed by atoms with Crippen molar-refractivity contribution in [3.8, 4) is 0 Å². The minimum atomic E-state index is -0.341. The van der Waals surface area contributed by atoms with E-state index in [4.69, 9.17) is 0 Å². The number of piperidine rings is 1. The number of rotatable bonds is 1. The SMILES string of the molecule is CC.CC(C)NC(=O)N1CCCC(O)C1. The van der Waals surface area contributed by atoms with Crippen LogP contribution in [0.3, 0.4) is 0 Å². The first-order valence-corrected chi connectivity index (χ1v) is 5.83. The first-order valence-electron chi connectivity index (χ1n) is 5.83. The Morgan fingerprint density at radius 1 is 1.47 bits per heavy atom. The molecule has 90 valence electrons. The van der Waals surface area contributed by atoms with Crippen molar-refractivity contribution < 1.29 is 9.90 Å². The Balaban J connectivity index is 0.000000921. The van der Waals surface area contributed by atoms with Crippen LogP contribution in [0.1, 0.15) is 40.5 Å². The second-order valence-electron chi connectivity index (χ2n) is 3.85. The van der Waals surface area contributed by atoms with Gasteiger partial charge in [-0.25, -0.2) is 4.79 Å². The van der Waals surface area contributed by atoms with Gasteiger partial charge in [-0.05, 0) is 26.7 Å². The van der Waals surface area contributed by atoms with Crippen LogP contribution >= 0.6 is 0 Å². The zero-order chi connectivity index (χ0) is 11.8. The maximum absolute atomic E-state index is 11.5. The maximum Gasteiger partial charge on any atom is 0.317 e. The molecule has 0 aromatic rings. The van der Waals surface area contributed by atoms with E-state index in [1.54, 1.807) is 4.90 Å². The topological polar surface area (TPSA) is 52.6 Å². The third-order valence-corrected chi connectivity index (χ3v) is 2.10. The van der Waals surface area contributed by atoms with E-state index >= 15 is 0 Å². The predicted molar refractivity (Wildman–Crippen MR) is 61.8 cm³/mol. The molecule has 0 saturated carbocycles. The summed E-state index contributed by atoms with van der Waals surface area (Å²) in [5.41, 5.74) is 0. The molecule has 1 aliphatic heterocycles. The van der Waals surface area contributed by atoms with Crippen LogP contribution in [0.2, 0.25) is 0 Å². The Morgan fingerprint density at radius 2 is 2.07 bits per heavy atom. The second kappa shape index (κ2) is 7.51. The van der Waals surface area contributed by atoms with Crippen molar-refractivity contribution in [3.63, 3.8) is 0 Å². The summed E-state index contributed by atoms with van der Waals surface area (Å²) in [5.74, 6) is 0. The lowest BCUT2D eigenvalue weighted by Crippen LogP contribution is -2.48. The molecule has 0 radical (unpaired) electrons. The highest BCUT2D eigenvalue weighted by molar-refractivity contribution is 5.74. The number of hydrogen-bond acceptors (Lipinski definition) is 2. The molecule has 1 heterocycles. The number of hydrogen-bond donors (Lipinski definition) is 2. The molecule has 4 heteroatoms. The standard InChI is InChI=1S/C9H18N2O2.C2H6/c1-7(2)10-9(13)11-5-3-4-8(12)6-11;1-2/h7-8,12H,3-6H2,1-2H3,(H,10,13);1-2H3. The van der Waals surface area contributed by atoms with E-state index in [1.165, 1.54) is 0 Å². The molecule has 0 aliphatic carbocycles. The number of nitrogens with zero attached hydrogens (tertiary/aromatic N) is 1. The van der Waals surface area contributed by atoms with Crippen LogP contribution in [0.25, 0.3) is 0 Å². The Bertz CT molecular complexity index is 183. The fourth-order valence-electron chi connectivity index (χ4n) is 1.48. The summed E-state index contributed by atoms with van der Waals surface area (Å²) in [5, 5.41) is 12.1. The van der Waals surface area contributed by atoms with E-state index < -0.39 is 0 Å². The van der Waals surface area contributed by atoms with E-state index in [0.717, 1.165) is 19.4 Å². The smallest absolute Gasteiger partial charge is 0.317 e. The lowest BCUT2D eigenvalue weighted by Gasteiger charge is -2.30. The van der Waals surface area contributed by atoms with Gasteiger partial charge in [-0.1, -0.05) is 13.8 Å². The van der Waals surface area contributed by atoms with Crippen molar-refractivity contribution in [2.75, 3.05) is 13.1 Å². The third-order valence-electron chi connectivity index (χ3n) is 2.10. The van der Waals surface area contributed by atoms with Gasteiger partial charge in [0.05, 0.1) is 6.10 Å². The van der Waals surface area contributed by atoms with Crippen molar-refractivity contribution in [2.24, 2.45) is 0 Å². The minimum absolute atomic E-state index is 0.0613. The number of aliphatic hydroxyl groups excluding tert-OH is 1. The molecule has 1 rings (SSSR count). The molecule has 0 bridgehead atoms. The number of likely N-dealkylation sites (tertiary alicyclic amines) is 1. The zero-order valence-corrected chi connectivity index (χ0v) is 10.3. The Labute approximate surface area is 92.7 Å².